The van der Waals surface area contributed by atoms with Crippen LogP contribution in [-0.4, -0.2) is 19.7 Å². The van der Waals surface area contributed by atoms with E-state index in [4.69, 9.17) is 9.15 Å². The van der Waals surface area contributed by atoms with Gasteiger partial charge in [0.25, 0.3) is 0 Å². The number of benzene rings is 2. The third-order valence-electron chi connectivity index (χ3n) is 4.49. The topological polar surface area (TPSA) is 51.5 Å². The highest BCUT2D eigenvalue weighted by Crippen LogP contribution is 2.23. The second-order valence-electron chi connectivity index (χ2n) is 6.60. The van der Waals surface area contributed by atoms with Crippen LogP contribution >= 0.6 is 0 Å². The van der Waals surface area contributed by atoms with Gasteiger partial charge in [0.05, 0.1) is 17.4 Å². The zero-order chi connectivity index (χ0) is 18.2. The number of hydrogen-bond acceptors (Lipinski definition) is 4. The minimum atomic E-state index is 0.00471. The van der Waals surface area contributed by atoms with Crippen molar-refractivity contribution in [1.29, 1.82) is 0 Å². The van der Waals surface area contributed by atoms with Crippen LogP contribution in [0, 0.1) is 0 Å². The molecule has 4 nitrogen and oxygen atoms in total. The van der Waals surface area contributed by atoms with Crippen molar-refractivity contribution >= 4 is 21.9 Å². The lowest BCUT2D eigenvalue weighted by Crippen LogP contribution is -2.15. The fourth-order valence-corrected chi connectivity index (χ4v) is 3.07. The van der Waals surface area contributed by atoms with Crippen LogP contribution in [0.5, 0.6) is 5.75 Å². The van der Waals surface area contributed by atoms with Gasteiger partial charge in [0.15, 0.2) is 0 Å². The molecule has 0 radical (unpaired) electrons. The van der Waals surface area contributed by atoms with E-state index in [1.165, 1.54) is 25.7 Å². The lowest BCUT2D eigenvalue weighted by atomic mass is 10.1. The smallest absolute Gasteiger partial charge is 0.200 e. The zero-order valence-corrected chi connectivity index (χ0v) is 15.4. The Labute approximate surface area is 154 Å². The lowest BCUT2D eigenvalue weighted by Gasteiger charge is -2.08. The van der Waals surface area contributed by atoms with Crippen molar-refractivity contribution in [2.24, 2.45) is 0 Å². The summed E-state index contributed by atoms with van der Waals surface area (Å²) < 4.78 is 11.7. The first kappa shape index (κ1) is 18.5. The van der Waals surface area contributed by atoms with E-state index >= 15 is 0 Å². The molecule has 138 valence electrons. The van der Waals surface area contributed by atoms with Crippen molar-refractivity contribution in [2.45, 2.75) is 39.0 Å². The molecule has 0 bridgehead atoms. The fraction of sp³-hybridized carbons (Fsp3) is 0.409. The summed E-state index contributed by atoms with van der Waals surface area (Å²) in [6.45, 7) is 5.08. The Morgan fingerprint density at radius 3 is 2.62 bits per heavy atom. The number of unbranched alkanes of at least 4 members (excludes halogenated alkanes) is 3. The van der Waals surface area contributed by atoms with Crippen molar-refractivity contribution in [1.82, 2.24) is 5.32 Å². The summed E-state index contributed by atoms with van der Waals surface area (Å²) in [5, 5.41) is 4.63. The molecule has 3 rings (SSSR count). The molecular formula is C22H27NO3. The predicted octanol–water partition coefficient (Wildman–Crippen LogP) is 4.89. The predicted molar refractivity (Wildman–Crippen MR) is 107 cm³/mol. The van der Waals surface area contributed by atoms with Crippen LogP contribution in [0.1, 0.15) is 39.0 Å². The van der Waals surface area contributed by atoms with E-state index in [0.29, 0.717) is 28.5 Å². The number of para-hydroxylation sites is 1. The molecule has 1 aromatic heterocycles. The Bertz CT molecular complexity index is 901. The summed E-state index contributed by atoms with van der Waals surface area (Å²) in [5.74, 6) is 0.751. The highest BCUT2D eigenvalue weighted by molar-refractivity contribution is 5.90. The Morgan fingerprint density at radius 1 is 0.923 bits per heavy atom. The molecule has 0 unspecified atom stereocenters. The van der Waals surface area contributed by atoms with Gasteiger partial charge in [-0.1, -0.05) is 31.9 Å². The van der Waals surface area contributed by atoms with Gasteiger partial charge in [-0.05, 0) is 56.6 Å². The monoisotopic (exact) mass is 353 g/mol. The van der Waals surface area contributed by atoms with E-state index in [9.17, 15) is 4.79 Å². The molecule has 0 aliphatic heterocycles. The molecule has 26 heavy (non-hydrogen) atoms. The molecule has 0 saturated heterocycles. The van der Waals surface area contributed by atoms with Crippen LogP contribution in [-0.2, 0) is 0 Å². The van der Waals surface area contributed by atoms with Crippen LogP contribution in [0.3, 0.4) is 0 Å². The van der Waals surface area contributed by atoms with Gasteiger partial charge in [0.2, 0.25) is 5.43 Å². The van der Waals surface area contributed by atoms with Crippen molar-refractivity contribution in [2.75, 3.05) is 19.7 Å². The van der Waals surface area contributed by atoms with Gasteiger partial charge >= 0.3 is 0 Å². The maximum atomic E-state index is 12.5. The zero-order valence-electron chi connectivity index (χ0n) is 15.4. The van der Waals surface area contributed by atoms with Crippen LogP contribution in [0.25, 0.3) is 21.9 Å². The average Bonchev–Trinajstić information content (AvgIpc) is 2.67. The molecule has 0 saturated carbocycles. The van der Waals surface area contributed by atoms with E-state index in [1.807, 2.05) is 30.3 Å². The maximum absolute atomic E-state index is 12.5. The largest absolute Gasteiger partial charge is 0.493 e. The standard InChI is InChI=1S/C22H27NO3/c1-2-13-23-14-7-3-4-8-15-25-17-11-12-19-21(16-17)26-20-10-6-5-9-18(20)22(19)24/h5-6,9-12,16,23H,2-4,7-8,13-15H2,1H3. The van der Waals surface area contributed by atoms with Crippen LogP contribution in [0.2, 0.25) is 0 Å². The second-order valence-corrected chi connectivity index (χ2v) is 6.60. The van der Waals surface area contributed by atoms with E-state index in [0.717, 1.165) is 25.3 Å². The molecule has 0 fully saturated rings. The normalized spacial score (nSPS) is 11.3. The molecule has 0 atom stereocenters. The van der Waals surface area contributed by atoms with Crippen molar-refractivity contribution in [3.05, 3.63) is 52.7 Å². The SMILES string of the molecule is CCCNCCCCCCOc1ccc2c(=O)c3ccccc3oc2c1. The minimum absolute atomic E-state index is 0.00471. The molecule has 4 heteroatoms. The number of rotatable bonds is 10. The first-order valence-electron chi connectivity index (χ1n) is 9.58. The van der Waals surface area contributed by atoms with Crippen molar-refractivity contribution < 1.29 is 9.15 Å². The third-order valence-corrected chi connectivity index (χ3v) is 4.49. The van der Waals surface area contributed by atoms with Crippen LogP contribution in [0.15, 0.2) is 51.7 Å². The van der Waals surface area contributed by atoms with Gasteiger partial charge in [-0.25, -0.2) is 0 Å². The quantitative estimate of drug-likeness (QED) is 0.417. The molecular weight excluding hydrogens is 326 g/mol. The highest BCUT2D eigenvalue weighted by Gasteiger charge is 2.08. The summed E-state index contributed by atoms with van der Waals surface area (Å²) >= 11 is 0. The molecule has 3 aromatic rings. The molecule has 1 N–H and O–H groups in total. The fourth-order valence-electron chi connectivity index (χ4n) is 3.07. The molecule has 0 aliphatic carbocycles. The molecule has 0 amide bonds. The Hall–Kier alpha value is -2.33. The average molecular weight is 353 g/mol. The third kappa shape index (κ3) is 4.64. The van der Waals surface area contributed by atoms with Crippen LogP contribution < -0.4 is 15.5 Å². The highest BCUT2D eigenvalue weighted by atomic mass is 16.5. The van der Waals surface area contributed by atoms with E-state index in [-0.39, 0.29) is 5.43 Å². The number of fused-ring (bicyclic) bond motifs is 2. The molecule has 0 aliphatic rings. The van der Waals surface area contributed by atoms with Crippen molar-refractivity contribution in [3.63, 3.8) is 0 Å². The molecule has 2 aromatic carbocycles. The number of ether oxygens (including phenoxy) is 1. The van der Waals surface area contributed by atoms with Gasteiger partial charge in [0, 0.05) is 6.07 Å². The van der Waals surface area contributed by atoms with E-state index in [2.05, 4.69) is 12.2 Å². The molecule has 0 spiro atoms. The maximum Gasteiger partial charge on any atom is 0.200 e. The Morgan fingerprint density at radius 2 is 1.73 bits per heavy atom. The summed E-state index contributed by atoms with van der Waals surface area (Å²) in [5.41, 5.74) is 1.19. The van der Waals surface area contributed by atoms with Crippen LogP contribution in [0.4, 0.5) is 0 Å². The van der Waals surface area contributed by atoms with Gasteiger partial charge in [-0.2, -0.15) is 0 Å². The first-order chi connectivity index (χ1) is 12.8. The number of hydrogen-bond donors (Lipinski definition) is 1. The van der Waals surface area contributed by atoms with Gasteiger partial charge in [0.1, 0.15) is 16.9 Å². The number of nitrogens with one attached hydrogen (secondary N) is 1. The van der Waals surface area contributed by atoms with E-state index < -0.39 is 0 Å². The summed E-state index contributed by atoms with van der Waals surface area (Å²) in [6, 6.07) is 12.8. The minimum Gasteiger partial charge on any atom is -0.493 e. The van der Waals surface area contributed by atoms with Crippen molar-refractivity contribution in [3.8, 4) is 5.75 Å². The Balaban J connectivity index is 1.53. The van der Waals surface area contributed by atoms with Gasteiger partial charge < -0.3 is 14.5 Å². The molecule has 1 heterocycles. The summed E-state index contributed by atoms with van der Waals surface area (Å²) in [7, 11) is 0. The second kappa shape index (κ2) is 9.39. The summed E-state index contributed by atoms with van der Waals surface area (Å²) in [6.07, 6.45) is 5.83. The Kier molecular flexibility index (Phi) is 6.67. The van der Waals surface area contributed by atoms with Gasteiger partial charge in [-0.15, -0.1) is 0 Å². The first-order valence-corrected chi connectivity index (χ1v) is 9.58. The lowest BCUT2D eigenvalue weighted by molar-refractivity contribution is 0.304. The van der Waals surface area contributed by atoms with E-state index in [1.54, 1.807) is 12.1 Å². The van der Waals surface area contributed by atoms with Gasteiger partial charge in [-0.3, -0.25) is 4.79 Å². The summed E-state index contributed by atoms with van der Waals surface area (Å²) in [4.78, 5) is 12.5.